The fraction of sp³-hybridized carbons (Fsp3) is 0.529. The van der Waals surface area contributed by atoms with E-state index < -0.39 is 0 Å². The van der Waals surface area contributed by atoms with Gasteiger partial charge >= 0.3 is 0 Å². The summed E-state index contributed by atoms with van der Waals surface area (Å²) in [6.45, 7) is 4.38. The zero-order valence-corrected chi connectivity index (χ0v) is 13.4. The molecule has 3 heterocycles. The molecule has 0 amide bonds. The molecule has 0 aliphatic carbocycles. The van der Waals surface area contributed by atoms with E-state index in [1.807, 2.05) is 12.1 Å². The summed E-state index contributed by atoms with van der Waals surface area (Å²) in [5.74, 6) is 1.53. The monoisotopic (exact) mass is 314 g/mol. The van der Waals surface area contributed by atoms with Crippen molar-refractivity contribution in [3.63, 3.8) is 0 Å². The van der Waals surface area contributed by atoms with Gasteiger partial charge in [-0.3, -0.25) is 14.7 Å². The number of ketones is 1. The van der Waals surface area contributed by atoms with Gasteiger partial charge in [0.05, 0.1) is 6.54 Å². The molecule has 6 nitrogen and oxygen atoms in total. The number of rotatable bonds is 6. The lowest BCUT2D eigenvalue weighted by Crippen LogP contribution is -2.38. The van der Waals surface area contributed by atoms with Crippen molar-refractivity contribution in [1.82, 2.24) is 20.0 Å². The fourth-order valence-corrected chi connectivity index (χ4v) is 3.00. The third-order valence-corrected chi connectivity index (χ3v) is 4.14. The van der Waals surface area contributed by atoms with E-state index in [1.54, 1.807) is 12.3 Å². The van der Waals surface area contributed by atoms with Crippen LogP contribution in [0, 0.1) is 5.92 Å². The minimum atomic E-state index is -0.00307. The van der Waals surface area contributed by atoms with Gasteiger partial charge in [-0.15, -0.1) is 0 Å². The SMILES string of the molecule is CCCc1noc(CN2CCCC(C(=O)c3ccccn3)C2)n1. The van der Waals surface area contributed by atoms with E-state index in [0.717, 1.165) is 44.6 Å². The molecular weight excluding hydrogens is 292 g/mol. The summed E-state index contributed by atoms with van der Waals surface area (Å²) < 4.78 is 5.30. The van der Waals surface area contributed by atoms with Crippen LogP contribution in [0.25, 0.3) is 0 Å². The lowest BCUT2D eigenvalue weighted by Gasteiger charge is -2.30. The topological polar surface area (TPSA) is 72.1 Å². The van der Waals surface area contributed by atoms with Gasteiger partial charge in [-0.1, -0.05) is 18.1 Å². The molecule has 122 valence electrons. The van der Waals surface area contributed by atoms with Gasteiger partial charge in [0.15, 0.2) is 11.6 Å². The number of pyridine rings is 1. The number of likely N-dealkylation sites (tertiary alicyclic amines) is 1. The second kappa shape index (κ2) is 7.46. The lowest BCUT2D eigenvalue weighted by molar-refractivity contribution is 0.0792. The molecule has 0 radical (unpaired) electrons. The van der Waals surface area contributed by atoms with E-state index in [2.05, 4.69) is 26.9 Å². The van der Waals surface area contributed by atoms with Crippen molar-refractivity contribution in [1.29, 1.82) is 0 Å². The van der Waals surface area contributed by atoms with Gasteiger partial charge in [-0.25, -0.2) is 0 Å². The van der Waals surface area contributed by atoms with E-state index in [9.17, 15) is 4.79 Å². The number of piperidine rings is 1. The van der Waals surface area contributed by atoms with Gasteiger partial charge < -0.3 is 4.52 Å². The number of nitrogens with zero attached hydrogens (tertiary/aromatic N) is 4. The fourth-order valence-electron chi connectivity index (χ4n) is 3.00. The average Bonchev–Trinajstić information content (AvgIpc) is 3.03. The van der Waals surface area contributed by atoms with Crippen molar-refractivity contribution in [2.24, 2.45) is 5.92 Å². The average molecular weight is 314 g/mol. The molecule has 0 N–H and O–H groups in total. The largest absolute Gasteiger partial charge is 0.338 e. The van der Waals surface area contributed by atoms with Crippen molar-refractivity contribution in [3.8, 4) is 0 Å². The number of carbonyl (C=O) groups excluding carboxylic acids is 1. The Balaban J connectivity index is 1.60. The van der Waals surface area contributed by atoms with E-state index in [0.29, 0.717) is 18.1 Å². The normalized spacial score (nSPS) is 18.9. The maximum atomic E-state index is 12.5. The van der Waals surface area contributed by atoms with Crippen LogP contribution in [-0.2, 0) is 13.0 Å². The van der Waals surface area contributed by atoms with Crippen LogP contribution in [0.3, 0.4) is 0 Å². The molecule has 0 spiro atoms. The molecular formula is C17H22N4O2. The molecule has 1 atom stereocenters. The van der Waals surface area contributed by atoms with Crippen molar-refractivity contribution >= 4 is 5.78 Å². The molecule has 6 heteroatoms. The molecule has 0 saturated carbocycles. The highest BCUT2D eigenvalue weighted by molar-refractivity contribution is 5.96. The highest BCUT2D eigenvalue weighted by Gasteiger charge is 2.28. The standard InChI is InChI=1S/C17H22N4O2/c1-2-6-15-19-16(23-20-15)12-21-10-5-7-13(11-21)17(22)14-8-3-4-9-18-14/h3-4,8-9,13H,2,5-7,10-12H2,1H3. The van der Waals surface area contributed by atoms with E-state index >= 15 is 0 Å². The molecule has 1 aliphatic heterocycles. The Morgan fingerprint density at radius 1 is 1.43 bits per heavy atom. The molecule has 1 fully saturated rings. The summed E-state index contributed by atoms with van der Waals surface area (Å²) in [5.41, 5.74) is 0.558. The number of aryl methyl sites for hydroxylation is 1. The third kappa shape index (κ3) is 4.01. The minimum Gasteiger partial charge on any atom is -0.338 e. The Bertz CT molecular complexity index is 641. The van der Waals surface area contributed by atoms with Crippen LogP contribution in [0.4, 0.5) is 0 Å². The smallest absolute Gasteiger partial charge is 0.240 e. The van der Waals surface area contributed by atoms with Gasteiger partial charge in [0.25, 0.3) is 0 Å². The second-order valence-corrected chi connectivity index (χ2v) is 6.01. The highest BCUT2D eigenvalue weighted by atomic mass is 16.5. The zero-order valence-electron chi connectivity index (χ0n) is 13.4. The predicted molar refractivity (Wildman–Crippen MR) is 84.9 cm³/mol. The Kier molecular flexibility index (Phi) is 5.12. The van der Waals surface area contributed by atoms with E-state index in [4.69, 9.17) is 4.52 Å². The predicted octanol–water partition coefficient (Wildman–Crippen LogP) is 2.51. The summed E-state index contributed by atoms with van der Waals surface area (Å²) in [6, 6.07) is 5.47. The van der Waals surface area contributed by atoms with Crippen molar-refractivity contribution in [2.45, 2.75) is 39.2 Å². The van der Waals surface area contributed by atoms with Crippen LogP contribution in [0.15, 0.2) is 28.9 Å². The quantitative estimate of drug-likeness (QED) is 0.763. The van der Waals surface area contributed by atoms with Crippen LogP contribution in [0.2, 0.25) is 0 Å². The molecule has 23 heavy (non-hydrogen) atoms. The number of aromatic nitrogens is 3. The van der Waals surface area contributed by atoms with Gasteiger partial charge in [-0.05, 0) is 37.9 Å². The molecule has 2 aromatic rings. The van der Waals surface area contributed by atoms with Crippen LogP contribution >= 0.6 is 0 Å². The first-order valence-corrected chi connectivity index (χ1v) is 8.25. The van der Waals surface area contributed by atoms with Crippen molar-refractivity contribution in [2.75, 3.05) is 13.1 Å². The Morgan fingerprint density at radius 3 is 3.13 bits per heavy atom. The number of Topliss-reactive ketones (excluding diaryl/α,β-unsaturated/α-hetero) is 1. The highest BCUT2D eigenvalue weighted by Crippen LogP contribution is 2.21. The molecule has 1 unspecified atom stereocenters. The Morgan fingerprint density at radius 2 is 2.35 bits per heavy atom. The number of hydrogen-bond acceptors (Lipinski definition) is 6. The lowest BCUT2D eigenvalue weighted by atomic mass is 9.92. The second-order valence-electron chi connectivity index (χ2n) is 6.01. The molecule has 1 aliphatic rings. The summed E-state index contributed by atoms with van der Waals surface area (Å²) in [7, 11) is 0. The summed E-state index contributed by atoms with van der Waals surface area (Å²) in [6.07, 6.45) is 5.42. The summed E-state index contributed by atoms with van der Waals surface area (Å²) in [5, 5.41) is 3.98. The maximum Gasteiger partial charge on any atom is 0.240 e. The van der Waals surface area contributed by atoms with E-state index in [-0.39, 0.29) is 11.7 Å². The number of hydrogen-bond donors (Lipinski definition) is 0. The van der Waals surface area contributed by atoms with Gasteiger partial charge in [0.1, 0.15) is 5.69 Å². The van der Waals surface area contributed by atoms with Crippen LogP contribution in [0.5, 0.6) is 0 Å². The van der Waals surface area contributed by atoms with Crippen molar-refractivity contribution in [3.05, 3.63) is 41.8 Å². The van der Waals surface area contributed by atoms with E-state index in [1.165, 1.54) is 0 Å². The Labute approximate surface area is 135 Å². The first-order chi connectivity index (χ1) is 11.3. The summed E-state index contributed by atoms with van der Waals surface area (Å²) >= 11 is 0. The molecule has 2 aromatic heterocycles. The first-order valence-electron chi connectivity index (χ1n) is 8.25. The van der Waals surface area contributed by atoms with Crippen LogP contribution < -0.4 is 0 Å². The third-order valence-electron chi connectivity index (χ3n) is 4.14. The Hall–Kier alpha value is -2.08. The van der Waals surface area contributed by atoms with Gasteiger partial charge in [0.2, 0.25) is 5.89 Å². The van der Waals surface area contributed by atoms with Crippen LogP contribution in [-0.4, -0.2) is 38.9 Å². The molecule has 0 bridgehead atoms. The first kappa shape index (κ1) is 15.8. The minimum absolute atomic E-state index is 0.00307. The van der Waals surface area contributed by atoms with Gasteiger partial charge in [-0.2, -0.15) is 4.98 Å². The molecule has 1 saturated heterocycles. The zero-order chi connectivity index (χ0) is 16.1. The molecule has 0 aromatic carbocycles. The maximum absolute atomic E-state index is 12.5. The van der Waals surface area contributed by atoms with Crippen LogP contribution in [0.1, 0.15) is 48.4 Å². The summed E-state index contributed by atoms with van der Waals surface area (Å²) in [4.78, 5) is 23.4. The van der Waals surface area contributed by atoms with Crippen molar-refractivity contribution < 1.29 is 9.32 Å². The number of carbonyl (C=O) groups is 1. The van der Waals surface area contributed by atoms with Gasteiger partial charge in [0, 0.05) is 25.1 Å². The molecule has 3 rings (SSSR count).